The average Bonchev–Trinajstić information content (AvgIpc) is 3.19. The third kappa shape index (κ3) is 2.38. The largest absolute Gasteiger partial charge is 0.364 e. The van der Waals surface area contributed by atoms with Gasteiger partial charge in [-0.1, -0.05) is 12.1 Å². The van der Waals surface area contributed by atoms with E-state index in [1.54, 1.807) is 18.3 Å². The predicted molar refractivity (Wildman–Crippen MR) is 67.9 cm³/mol. The van der Waals surface area contributed by atoms with Crippen molar-refractivity contribution in [3.63, 3.8) is 0 Å². The number of nitrogens with zero attached hydrogens (tertiary/aromatic N) is 3. The highest BCUT2D eigenvalue weighted by molar-refractivity contribution is 5.50. The molecule has 1 saturated carbocycles. The highest BCUT2D eigenvalue weighted by Gasteiger charge is 2.39. The van der Waals surface area contributed by atoms with Crippen LogP contribution in [0.5, 0.6) is 0 Å². The molecule has 0 bridgehead atoms. The molecule has 1 fully saturated rings. The standard InChI is InChI=1S/C14H11FN4/c15-10-3-1-2-9(6-10)11-7-12(11)19-14-13(8-16)17-4-5-18-14/h1-6,11-12H,7H2,(H,18,19)/t11-,12+/m0/s1. The van der Waals surface area contributed by atoms with Crippen LogP contribution < -0.4 is 5.32 Å². The van der Waals surface area contributed by atoms with Crippen molar-refractivity contribution in [3.05, 3.63) is 53.7 Å². The Balaban J connectivity index is 1.73. The molecule has 0 spiro atoms. The van der Waals surface area contributed by atoms with Crippen LogP contribution in [0.4, 0.5) is 10.2 Å². The molecule has 0 unspecified atom stereocenters. The summed E-state index contributed by atoms with van der Waals surface area (Å²) in [5.74, 6) is 0.540. The molecule has 19 heavy (non-hydrogen) atoms. The van der Waals surface area contributed by atoms with E-state index >= 15 is 0 Å². The first-order valence-corrected chi connectivity index (χ1v) is 6.01. The molecule has 4 nitrogen and oxygen atoms in total. The van der Waals surface area contributed by atoms with Crippen molar-refractivity contribution in [2.75, 3.05) is 5.32 Å². The third-order valence-corrected chi connectivity index (χ3v) is 3.19. The molecule has 1 aromatic carbocycles. The van der Waals surface area contributed by atoms with Crippen LogP contribution in [0.3, 0.4) is 0 Å². The Morgan fingerprint density at radius 2 is 2.16 bits per heavy atom. The van der Waals surface area contributed by atoms with Crippen molar-refractivity contribution in [2.24, 2.45) is 0 Å². The summed E-state index contributed by atoms with van der Waals surface area (Å²) >= 11 is 0. The third-order valence-electron chi connectivity index (χ3n) is 3.19. The Labute approximate surface area is 109 Å². The van der Waals surface area contributed by atoms with Crippen LogP contribution >= 0.6 is 0 Å². The molecule has 1 heterocycles. The van der Waals surface area contributed by atoms with Gasteiger partial charge in [-0.3, -0.25) is 0 Å². The SMILES string of the molecule is N#Cc1nccnc1N[C@@H]1C[C@H]1c1cccc(F)c1. The number of rotatable bonds is 3. The molecule has 1 N–H and O–H groups in total. The van der Waals surface area contributed by atoms with Crippen molar-refractivity contribution in [1.82, 2.24) is 9.97 Å². The molecule has 2 atom stereocenters. The van der Waals surface area contributed by atoms with E-state index in [-0.39, 0.29) is 23.5 Å². The molecule has 2 aromatic rings. The zero-order valence-electron chi connectivity index (χ0n) is 10.0. The van der Waals surface area contributed by atoms with Crippen molar-refractivity contribution >= 4 is 5.82 Å². The van der Waals surface area contributed by atoms with E-state index in [4.69, 9.17) is 5.26 Å². The molecule has 1 aromatic heterocycles. The normalized spacial score (nSPS) is 20.6. The van der Waals surface area contributed by atoms with E-state index < -0.39 is 0 Å². The number of halogens is 1. The topological polar surface area (TPSA) is 61.6 Å². The van der Waals surface area contributed by atoms with Gasteiger partial charge in [0.1, 0.15) is 11.9 Å². The van der Waals surface area contributed by atoms with E-state index in [9.17, 15) is 4.39 Å². The van der Waals surface area contributed by atoms with Crippen LogP contribution in [0.15, 0.2) is 36.7 Å². The minimum Gasteiger partial charge on any atom is -0.364 e. The Morgan fingerprint density at radius 1 is 1.32 bits per heavy atom. The lowest BCUT2D eigenvalue weighted by Gasteiger charge is -2.05. The maximum absolute atomic E-state index is 13.1. The first kappa shape index (κ1) is 11.6. The van der Waals surface area contributed by atoms with Gasteiger partial charge in [0.15, 0.2) is 11.5 Å². The summed E-state index contributed by atoms with van der Waals surface area (Å²) in [6, 6.07) is 8.79. The van der Waals surface area contributed by atoms with Gasteiger partial charge in [-0.25, -0.2) is 14.4 Å². The monoisotopic (exact) mass is 254 g/mol. The lowest BCUT2D eigenvalue weighted by atomic mass is 10.1. The van der Waals surface area contributed by atoms with E-state index in [0.29, 0.717) is 5.82 Å². The molecule has 1 aliphatic carbocycles. The minimum atomic E-state index is -0.222. The minimum absolute atomic E-state index is 0.186. The molecular weight excluding hydrogens is 243 g/mol. The number of aromatic nitrogens is 2. The number of hydrogen-bond donors (Lipinski definition) is 1. The van der Waals surface area contributed by atoms with Crippen molar-refractivity contribution in [1.29, 1.82) is 5.26 Å². The molecule has 0 radical (unpaired) electrons. The predicted octanol–water partition coefficient (Wildman–Crippen LogP) is 2.46. The Morgan fingerprint density at radius 3 is 2.95 bits per heavy atom. The van der Waals surface area contributed by atoms with Crippen LogP contribution in [0.25, 0.3) is 0 Å². The fraction of sp³-hybridized carbons (Fsp3) is 0.214. The van der Waals surface area contributed by atoms with Gasteiger partial charge in [0.2, 0.25) is 0 Å². The van der Waals surface area contributed by atoms with Gasteiger partial charge in [-0.05, 0) is 24.1 Å². The van der Waals surface area contributed by atoms with Gasteiger partial charge < -0.3 is 5.32 Å². The lowest BCUT2D eigenvalue weighted by Crippen LogP contribution is -2.08. The summed E-state index contributed by atoms with van der Waals surface area (Å²) in [5.41, 5.74) is 1.26. The zero-order chi connectivity index (χ0) is 13.2. The smallest absolute Gasteiger partial charge is 0.182 e. The molecule has 5 heteroatoms. The van der Waals surface area contributed by atoms with E-state index in [1.807, 2.05) is 12.1 Å². The molecule has 0 saturated heterocycles. The first-order valence-electron chi connectivity index (χ1n) is 6.01. The first-order chi connectivity index (χ1) is 9.28. The fourth-order valence-corrected chi connectivity index (χ4v) is 2.16. The van der Waals surface area contributed by atoms with Gasteiger partial charge in [0, 0.05) is 24.4 Å². The summed E-state index contributed by atoms with van der Waals surface area (Å²) in [5, 5.41) is 12.1. The van der Waals surface area contributed by atoms with Gasteiger partial charge in [-0.2, -0.15) is 5.26 Å². The Kier molecular flexibility index (Phi) is 2.84. The molecule has 0 amide bonds. The van der Waals surface area contributed by atoms with Crippen molar-refractivity contribution in [3.8, 4) is 6.07 Å². The zero-order valence-corrected chi connectivity index (χ0v) is 10.0. The second-order valence-electron chi connectivity index (χ2n) is 4.51. The summed E-state index contributed by atoms with van der Waals surface area (Å²) in [6.45, 7) is 0. The maximum Gasteiger partial charge on any atom is 0.182 e. The van der Waals surface area contributed by atoms with Crippen LogP contribution in [0.1, 0.15) is 23.6 Å². The molecule has 3 rings (SSSR count). The van der Waals surface area contributed by atoms with E-state index in [2.05, 4.69) is 15.3 Å². The number of anilines is 1. The number of nitrogens with one attached hydrogen (secondary N) is 1. The van der Waals surface area contributed by atoms with Crippen LogP contribution in [0.2, 0.25) is 0 Å². The molecule has 94 valence electrons. The number of hydrogen-bond acceptors (Lipinski definition) is 4. The Bertz CT molecular complexity index is 650. The summed E-state index contributed by atoms with van der Waals surface area (Å²) in [6.07, 6.45) is 3.94. The highest BCUT2D eigenvalue weighted by Crippen LogP contribution is 2.42. The molecule has 1 aliphatic rings. The van der Waals surface area contributed by atoms with Gasteiger partial charge in [-0.15, -0.1) is 0 Å². The van der Waals surface area contributed by atoms with Gasteiger partial charge >= 0.3 is 0 Å². The molecule has 0 aliphatic heterocycles. The molecular formula is C14H11FN4. The summed E-state index contributed by atoms with van der Waals surface area (Å²) in [7, 11) is 0. The van der Waals surface area contributed by atoms with Crippen LogP contribution in [-0.2, 0) is 0 Å². The summed E-state index contributed by atoms with van der Waals surface area (Å²) < 4.78 is 13.1. The Hall–Kier alpha value is -2.48. The van der Waals surface area contributed by atoms with Gasteiger partial charge in [0.25, 0.3) is 0 Å². The number of nitriles is 1. The fourth-order valence-electron chi connectivity index (χ4n) is 2.16. The van der Waals surface area contributed by atoms with Crippen LogP contribution in [0, 0.1) is 17.1 Å². The van der Waals surface area contributed by atoms with E-state index in [1.165, 1.54) is 12.3 Å². The average molecular weight is 254 g/mol. The second-order valence-corrected chi connectivity index (χ2v) is 4.51. The lowest BCUT2D eigenvalue weighted by molar-refractivity contribution is 0.625. The quantitative estimate of drug-likeness (QED) is 0.913. The summed E-state index contributed by atoms with van der Waals surface area (Å²) in [4.78, 5) is 8.05. The van der Waals surface area contributed by atoms with Crippen LogP contribution in [-0.4, -0.2) is 16.0 Å². The second kappa shape index (κ2) is 4.65. The maximum atomic E-state index is 13.1. The number of benzene rings is 1. The highest BCUT2D eigenvalue weighted by atomic mass is 19.1. The van der Waals surface area contributed by atoms with Gasteiger partial charge in [0.05, 0.1) is 0 Å². The van der Waals surface area contributed by atoms with Crippen molar-refractivity contribution in [2.45, 2.75) is 18.4 Å². The van der Waals surface area contributed by atoms with Crippen molar-refractivity contribution < 1.29 is 4.39 Å². The van der Waals surface area contributed by atoms with E-state index in [0.717, 1.165) is 12.0 Å².